The molecule has 0 aliphatic heterocycles. The fourth-order valence-electron chi connectivity index (χ4n) is 4.04. The smallest absolute Gasteiger partial charge is 0.340 e. The molecule has 1 aromatic carbocycles. The number of ether oxygens (including phenoxy) is 1. The lowest BCUT2D eigenvalue weighted by Crippen LogP contribution is -2.44. The van der Waals surface area contributed by atoms with Crippen molar-refractivity contribution in [2.24, 2.45) is 5.92 Å². The number of carbonyl (C=O) groups excluding carboxylic acids is 3. The third-order valence-electron chi connectivity index (χ3n) is 5.66. The summed E-state index contributed by atoms with van der Waals surface area (Å²) in [5, 5.41) is 2.85. The molecule has 6 nitrogen and oxygen atoms in total. The Hall–Kier alpha value is -2.96. The maximum atomic E-state index is 13.4. The van der Waals surface area contributed by atoms with Crippen LogP contribution in [0.1, 0.15) is 66.1 Å². The van der Waals surface area contributed by atoms with Crippen LogP contribution >= 0.6 is 0 Å². The quantitative estimate of drug-likeness (QED) is 0.422. The maximum absolute atomic E-state index is 13.4. The second kappa shape index (κ2) is 9.24. The normalized spacial score (nSPS) is 18.7. The molecule has 3 rings (SSSR count). The van der Waals surface area contributed by atoms with Gasteiger partial charge in [0.15, 0.2) is 0 Å². The zero-order valence-electron chi connectivity index (χ0n) is 17.5. The van der Waals surface area contributed by atoms with Gasteiger partial charge in [-0.15, -0.1) is 0 Å². The Labute approximate surface area is 175 Å². The number of aromatic amines is 1. The molecule has 1 heterocycles. The molecule has 1 fully saturated rings. The van der Waals surface area contributed by atoms with Crippen LogP contribution in [0.15, 0.2) is 24.3 Å². The van der Waals surface area contributed by atoms with Gasteiger partial charge in [0, 0.05) is 17.3 Å². The van der Waals surface area contributed by atoms with Crippen LogP contribution in [-0.2, 0) is 9.53 Å². The molecule has 30 heavy (non-hydrogen) atoms. The van der Waals surface area contributed by atoms with Gasteiger partial charge in [-0.05, 0) is 50.3 Å². The van der Waals surface area contributed by atoms with E-state index in [9.17, 15) is 18.8 Å². The lowest BCUT2D eigenvalue weighted by Gasteiger charge is -2.29. The summed E-state index contributed by atoms with van der Waals surface area (Å²) in [5.74, 6) is -2.22. The predicted octanol–water partition coefficient (Wildman–Crippen LogP) is 4.18. The number of hydrogen-bond acceptors (Lipinski definition) is 4. The molecule has 1 aliphatic carbocycles. The van der Waals surface area contributed by atoms with Gasteiger partial charge in [-0.1, -0.05) is 31.9 Å². The van der Waals surface area contributed by atoms with Gasteiger partial charge in [-0.2, -0.15) is 0 Å². The van der Waals surface area contributed by atoms with Gasteiger partial charge < -0.3 is 15.0 Å². The second-order valence-corrected chi connectivity index (χ2v) is 7.77. The van der Waals surface area contributed by atoms with E-state index in [1.165, 1.54) is 24.3 Å². The van der Waals surface area contributed by atoms with Crippen molar-refractivity contribution in [2.75, 3.05) is 6.61 Å². The van der Waals surface area contributed by atoms with Crippen LogP contribution in [0.4, 0.5) is 4.39 Å². The summed E-state index contributed by atoms with van der Waals surface area (Å²) in [6, 6.07) is 5.37. The minimum Gasteiger partial charge on any atom is -0.462 e. The van der Waals surface area contributed by atoms with Gasteiger partial charge in [0.05, 0.1) is 12.2 Å². The van der Waals surface area contributed by atoms with Crippen molar-refractivity contribution in [3.63, 3.8) is 0 Å². The van der Waals surface area contributed by atoms with E-state index in [1.807, 2.05) is 0 Å². The molecule has 0 saturated heterocycles. The Balaban J connectivity index is 1.99. The first kappa shape index (κ1) is 21.7. The van der Waals surface area contributed by atoms with Gasteiger partial charge in [-0.3, -0.25) is 9.59 Å². The number of benzene rings is 1. The van der Waals surface area contributed by atoms with Crippen LogP contribution in [-0.4, -0.2) is 35.3 Å². The lowest BCUT2D eigenvalue weighted by atomic mass is 9.86. The van der Waals surface area contributed by atoms with E-state index < -0.39 is 23.5 Å². The van der Waals surface area contributed by atoms with Gasteiger partial charge in [0.2, 0.25) is 0 Å². The molecule has 2 atom stereocenters. The summed E-state index contributed by atoms with van der Waals surface area (Å²) >= 11 is 0. The SMILES string of the molecule is CCOC(=O)c1c(C)[nH]c(C(=O)C(=O)N[C@@H]2CCCC[C@H]2C)c1-c1ccc(F)cc1. The average Bonchev–Trinajstić information content (AvgIpc) is 3.07. The van der Waals surface area contributed by atoms with Gasteiger partial charge in [0.1, 0.15) is 11.5 Å². The average molecular weight is 414 g/mol. The highest BCUT2D eigenvalue weighted by atomic mass is 19.1. The van der Waals surface area contributed by atoms with E-state index in [0.717, 1.165) is 25.7 Å². The lowest BCUT2D eigenvalue weighted by molar-refractivity contribution is -0.118. The second-order valence-electron chi connectivity index (χ2n) is 7.77. The van der Waals surface area contributed by atoms with Crippen LogP contribution in [0, 0.1) is 18.7 Å². The zero-order valence-corrected chi connectivity index (χ0v) is 17.5. The first-order valence-electron chi connectivity index (χ1n) is 10.3. The Morgan fingerprint density at radius 3 is 2.47 bits per heavy atom. The molecule has 2 N–H and O–H groups in total. The predicted molar refractivity (Wildman–Crippen MR) is 111 cm³/mol. The first-order chi connectivity index (χ1) is 14.3. The summed E-state index contributed by atoms with van der Waals surface area (Å²) in [4.78, 5) is 41.3. The summed E-state index contributed by atoms with van der Waals surface area (Å²) < 4.78 is 18.6. The summed E-state index contributed by atoms with van der Waals surface area (Å²) in [5.41, 5.74) is 1.29. The van der Waals surface area contributed by atoms with Crippen molar-refractivity contribution in [1.29, 1.82) is 0 Å². The number of aryl methyl sites for hydroxylation is 1. The number of ketones is 1. The molecular weight excluding hydrogens is 387 g/mol. The molecule has 0 spiro atoms. The highest BCUT2D eigenvalue weighted by Gasteiger charge is 2.32. The van der Waals surface area contributed by atoms with E-state index in [0.29, 0.717) is 17.2 Å². The number of rotatable bonds is 6. The minimum atomic E-state index is -0.759. The summed E-state index contributed by atoms with van der Waals surface area (Å²) in [6.45, 7) is 5.55. The van der Waals surface area contributed by atoms with Crippen LogP contribution in [0.5, 0.6) is 0 Å². The van der Waals surface area contributed by atoms with Gasteiger partial charge in [0.25, 0.3) is 11.7 Å². The van der Waals surface area contributed by atoms with Crippen LogP contribution in [0.25, 0.3) is 11.1 Å². The third kappa shape index (κ3) is 4.45. The Morgan fingerprint density at radius 1 is 1.17 bits per heavy atom. The van der Waals surface area contributed by atoms with Crippen molar-refractivity contribution in [2.45, 2.75) is 52.5 Å². The fraction of sp³-hybridized carbons (Fsp3) is 0.435. The highest BCUT2D eigenvalue weighted by Crippen LogP contribution is 2.32. The molecular formula is C23H27FN2O4. The van der Waals surface area contributed by atoms with E-state index >= 15 is 0 Å². The van der Waals surface area contributed by atoms with Crippen molar-refractivity contribution in [3.8, 4) is 11.1 Å². The number of Topliss-reactive ketones (excluding diaryl/α,β-unsaturated/α-hetero) is 1. The number of aromatic nitrogens is 1. The Bertz CT molecular complexity index is 949. The molecule has 1 amide bonds. The monoisotopic (exact) mass is 414 g/mol. The highest BCUT2D eigenvalue weighted by molar-refractivity contribution is 6.44. The van der Waals surface area contributed by atoms with Crippen molar-refractivity contribution >= 4 is 17.7 Å². The molecule has 160 valence electrons. The van der Waals surface area contributed by atoms with Crippen molar-refractivity contribution in [1.82, 2.24) is 10.3 Å². The maximum Gasteiger partial charge on any atom is 0.340 e. The fourth-order valence-corrected chi connectivity index (χ4v) is 4.04. The number of esters is 1. The number of H-pyrrole nitrogens is 1. The van der Waals surface area contributed by atoms with E-state index in [1.54, 1.807) is 13.8 Å². The zero-order chi connectivity index (χ0) is 21.8. The van der Waals surface area contributed by atoms with Gasteiger partial charge >= 0.3 is 5.97 Å². The molecule has 1 aliphatic rings. The van der Waals surface area contributed by atoms with Crippen LogP contribution in [0.3, 0.4) is 0 Å². The standard InChI is InChI=1S/C23H27FN2O4/c1-4-30-23(29)18-14(3)25-20(19(18)15-9-11-16(24)12-10-15)21(27)22(28)26-17-8-6-5-7-13(17)2/h9-13,17,25H,4-8H2,1-3H3,(H,26,28)/t13-,17-/m1/s1. The van der Waals surface area contributed by atoms with Crippen molar-refractivity contribution in [3.05, 3.63) is 47.0 Å². The third-order valence-corrected chi connectivity index (χ3v) is 5.66. The number of nitrogens with one attached hydrogen (secondary N) is 2. The first-order valence-corrected chi connectivity index (χ1v) is 10.3. The number of amides is 1. The van der Waals surface area contributed by atoms with Crippen LogP contribution in [0.2, 0.25) is 0 Å². The minimum absolute atomic E-state index is 0.00289. The molecule has 0 bridgehead atoms. The topological polar surface area (TPSA) is 88.3 Å². The Morgan fingerprint density at radius 2 is 1.83 bits per heavy atom. The van der Waals surface area contributed by atoms with Crippen LogP contribution < -0.4 is 5.32 Å². The molecule has 0 unspecified atom stereocenters. The van der Waals surface area contributed by atoms with E-state index in [-0.39, 0.29) is 29.5 Å². The number of hydrogen-bond donors (Lipinski definition) is 2. The molecule has 0 radical (unpaired) electrons. The van der Waals surface area contributed by atoms with E-state index in [2.05, 4.69) is 17.2 Å². The van der Waals surface area contributed by atoms with E-state index in [4.69, 9.17) is 4.74 Å². The largest absolute Gasteiger partial charge is 0.462 e. The Kier molecular flexibility index (Phi) is 6.70. The van der Waals surface area contributed by atoms with Crippen molar-refractivity contribution < 1.29 is 23.5 Å². The molecule has 1 saturated carbocycles. The van der Waals surface area contributed by atoms with Gasteiger partial charge in [-0.25, -0.2) is 9.18 Å². The summed E-state index contributed by atoms with van der Waals surface area (Å²) in [7, 11) is 0. The molecule has 7 heteroatoms. The number of carbonyl (C=O) groups is 3. The molecule has 1 aromatic heterocycles. The summed E-state index contributed by atoms with van der Waals surface area (Å²) in [6.07, 6.45) is 3.98. The molecule has 2 aromatic rings. The number of halogens is 1.